The largest absolute Gasteiger partial charge is 0.497 e. The summed E-state index contributed by atoms with van der Waals surface area (Å²) in [6.07, 6.45) is 0.839. The Hall–Kier alpha value is -1.36. The van der Waals surface area contributed by atoms with Crippen LogP contribution in [0, 0.1) is 0 Å². The van der Waals surface area contributed by atoms with Crippen LogP contribution in [0.3, 0.4) is 0 Å². The molecule has 0 fully saturated rings. The van der Waals surface area contributed by atoms with Crippen molar-refractivity contribution in [2.75, 3.05) is 13.7 Å². The molecule has 100 valence electrons. The number of methoxy groups -OCH3 is 1. The van der Waals surface area contributed by atoms with Crippen LogP contribution in [-0.2, 0) is 11.3 Å². The van der Waals surface area contributed by atoms with Crippen molar-refractivity contribution in [2.45, 2.75) is 25.2 Å². The summed E-state index contributed by atoms with van der Waals surface area (Å²) >= 11 is 0. The van der Waals surface area contributed by atoms with E-state index in [-0.39, 0.29) is 6.61 Å². The van der Waals surface area contributed by atoms with Gasteiger partial charge in [-0.1, -0.05) is 18.2 Å². The normalized spacial score (nSPS) is 13.9. The summed E-state index contributed by atoms with van der Waals surface area (Å²) in [5.74, 6) is 0.789. The van der Waals surface area contributed by atoms with Gasteiger partial charge in [-0.25, -0.2) is 0 Å². The van der Waals surface area contributed by atoms with Crippen molar-refractivity contribution < 1.29 is 19.7 Å². The topological polar surface area (TPSA) is 58.9 Å². The maximum Gasteiger partial charge on any atom is 0.118 e. The lowest BCUT2D eigenvalue weighted by Gasteiger charge is -2.20. The second kappa shape index (κ2) is 7.87. The molecule has 0 spiro atoms. The van der Waals surface area contributed by atoms with Gasteiger partial charge in [0.25, 0.3) is 0 Å². The Morgan fingerprint density at radius 3 is 2.50 bits per heavy atom. The van der Waals surface area contributed by atoms with Gasteiger partial charge in [-0.05, 0) is 24.1 Å². The molecule has 0 unspecified atom stereocenters. The van der Waals surface area contributed by atoms with Gasteiger partial charge < -0.3 is 19.7 Å². The van der Waals surface area contributed by atoms with E-state index in [4.69, 9.17) is 14.6 Å². The van der Waals surface area contributed by atoms with Crippen molar-refractivity contribution in [3.8, 4) is 5.75 Å². The van der Waals surface area contributed by atoms with E-state index in [9.17, 15) is 5.11 Å². The molecule has 1 rings (SSSR count). The number of ether oxygens (including phenoxy) is 2. The van der Waals surface area contributed by atoms with Gasteiger partial charge in [0.2, 0.25) is 0 Å². The Balaban J connectivity index is 2.52. The summed E-state index contributed by atoms with van der Waals surface area (Å²) in [7, 11) is 1.61. The molecular formula is C14H20O4. The number of rotatable bonds is 8. The van der Waals surface area contributed by atoms with Crippen molar-refractivity contribution >= 4 is 0 Å². The van der Waals surface area contributed by atoms with E-state index >= 15 is 0 Å². The van der Waals surface area contributed by atoms with Gasteiger partial charge in [-0.2, -0.15) is 0 Å². The zero-order chi connectivity index (χ0) is 13.4. The van der Waals surface area contributed by atoms with Gasteiger partial charge in [0.15, 0.2) is 0 Å². The molecule has 18 heavy (non-hydrogen) atoms. The second-order valence-electron chi connectivity index (χ2n) is 3.97. The van der Waals surface area contributed by atoms with E-state index in [0.717, 1.165) is 11.3 Å². The summed E-state index contributed by atoms with van der Waals surface area (Å²) in [6.45, 7) is 3.66. The second-order valence-corrected chi connectivity index (χ2v) is 3.97. The van der Waals surface area contributed by atoms with Crippen LogP contribution in [0.1, 0.15) is 12.0 Å². The van der Waals surface area contributed by atoms with Crippen molar-refractivity contribution in [1.82, 2.24) is 0 Å². The highest BCUT2D eigenvalue weighted by Gasteiger charge is 2.17. The molecule has 4 heteroatoms. The molecule has 1 aromatic carbocycles. The Labute approximate surface area is 107 Å². The molecule has 0 bridgehead atoms. The third-order valence-electron chi connectivity index (χ3n) is 2.64. The molecule has 2 atom stereocenters. The molecule has 0 amide bonds. The molecule has 0 aliphatic heterocycles. The molecule has 0 saturated carbocycles. The molecular weight excluding hydrogens is 232 g/mol. The van der Waals surface area contributed by atoms with Gasteiger partial charge in [-0.3, -0.25) is 0 Å². The number of benzene rings is 1. The summed E-state index contributed by atoms with van der Waals surface area (Å²) in [5, 5.41) is 18.5. The first-order chi connectivity index (χ1) is 8.71. The van der Waals surface area contributed by atoms with E-state index in [1.807, 2.05) is 24.3 Å². The lowest BCUT2D eigenvalue weighted by atomic mass is 10.1. The average Bonchev–Trinajstić information content (AvgIpc) is 2.43. The van der Waals surface area contributed by atoms with Crippen molar-refractivity contribution in [2.24, 2.45) is 0 Å². The highest BCUT2D eigenvalue weighted by molar-refractivity contribution is 5.26. The first-order valence-electron chi connectivity index (χ1n) is 5.85. The van der Waals surface area contributed by atoms with Crippen molar-refractivity contribution in [3.05, 3.63) is 42.5 Å². The number of aliphatic hydroxyl groups is 2. The lowest BCUT2D eigenvalue weighted by Crippen LogP contribution is -2.31. The van der Waals surface area contributed by atoms with Gasteiger partial charge >= 0.3 is 0 Å². The smallest absolute Gasteiger partial charge is 0.118 e. The van der Waals surface area contributed by atoms with Crippen LogP contribution < -0.4 is 4.74 Å². The predicted octanol–water partition coefficient (Wildman–Crippen LogP) is 1.51. The standard InChI is InChI=1S/C14H20O4/c1-3-4-14(13(16)9-15)18-10-11-5-7-12(17-2)8-6-11/h3,5-8,13-16H,1,4,9-10H2,2H3/t13-,14+/m1/s1. The molecule has 0 aliphatic carbocycles. The quantitative estimate of drug-likeness (QED) is 0.689. The third-order valence-corrected chi connectivity index (χ3v) is 2.64. The fourth-order valence-electron chi connectivity index (χ4n) is 1.54. The van der Waals surface area contributed by atoms with E-state index < -0.39 is 12.2 Å². The van der Waals surface area contributed by atoms with Gasteiger partial charge in [0.1, 0.15) is 11.9 Å². The highest BCUT2D eigenvalue weighted by atomic mass is 16.5. The summed E-state index contributed by atoms with van der Waals surface area (Å²) in [6, 6.07) is 7.50. The summed E-state index contributed by atoms with van der Waals surface area (Å²) in [4.78, 5) is 0. The zero-order valence-corrected chi connectivity index (χ0v) is 10.6. The fraction of sp³-hybridized carbons (Fsp3) is 0.429. The maximum atomic E-state index is 9.57. The van der Waals surface area contributed by atoms with E-state index in [0.29, 0.717) is 13.0 Å². The fourth-order valence-corrected chi connectivity index (χ4v) is 1.54. The molecule has 0 radical (unpaired) electrons. The van der Waals surface area contributed by atoms with Crippen LogP contribution in [0.25, 0.3) is 0 Å². The summed E-state index contributed by atoms with van der Waals surface area (Å²) < 4.78 is 10.6. The maximum absolute atomic E-state index is 9.57. The van der Waals surface area contributed by atoms with Crippen LogP contribution in [-0.4, -0.2) is 36.1 Å². The molecule has 2 N–H and O–H groups in total. The monoisotopic (exact) mass is 252 g/mol. The van der Waals surface area contributed by atoms with Crippen LogP contribution in [0.2, 0.25) is 0 Å². The lowest BCUT2D eigenvalue weighted by molar-refractivity contribution is -0.0629. The van der Waals surface area contributed by atoms with Crippen LogP contribution in [0.15, 0.2) is 36.9 Å². The Kier molecular flexibility index (Phi) is 6.43. The Bertz CT molecular complexity index is 347. The highest BCUT2D eigenvalue weighted by Crippen LogP contribution is 2.14. The molecule has 0 aromatic heterocycles. The van der Waals surface area contributed by atoms with Crippen LogP contribution in [0.5, 0.6) is 5.75 Å². The molecule has 4 nitrogen and oxygen atoms in total. The van der Waals surface area contributed by atoms with E-state index in [1.165, 1.54) is 0 Å². The minimum Gasteiger partial charge on any atom is -0.497 e. The molecule has 0 heterocycles. The van der Waals surface area contributed by atoms with Crippen LogP contribution >= 0.6 is 0 Å². The Morgan fingerprint density at radius 1 is 1.33 bits per heavy atom. The SMILES string of the molecule is C=CC[C@H](OCc1ccc(OC)cc1)[C@H](O)CO. The number of hydrogen-bond acceptors (Lipinski definition) is 4. The number of aliphatic hydroxyl groups excluding tert-OH is 2. The summed E-state index contributed by atoms with van der Waals surface area (Å²) in [5.41, 5.74) is 0.981. The third kappa shape index (κ3) is 4.49. The first-order valence-corrected chi connectivity index (χ1v) is 5.85. The van der Waals surface area contributed by atoms with Crippen molar-refractivity contribution in [3.63, 3.8) is 0 Å². The number of hydrogen-bond donors (Lipinski definition) is 2. The minimum absolute atomic E-state index is 0.318. The van der Waals surface area contributed by atoms with Gasteiger partial charge in [0.05, 0.1) is 26.4 Å². The Morgan fingerprint density at radius 2 is 2.00 bits per heavy atom. The first kappa shape index (κ1) is 14.7. The van der Waals surface area contributed by atoms with E-state index in [2.05, 4.69) is 6.58 Å². The molecule has 0 saturated heterocycles. The molecule has 1 aromatic rings. The van der Waals surface area contributed by atoms with Crippen molar-refractivity contribution in [1.29, 1.82) is 0 Å². The predicted molar refractivity (Wildman–Crippen MR) is 69.5 cm³/mol. The van der Waals surface area contributed by atoms with Gasteiger partial charge in [0, 0.05) is 0 Å². The molecule has 0 aliphatic rings. The van der Waals surface area contributed by atoms with Crippen LogP contribution in [0.4, 0.5) is 0 Å². The average molecular weight is 252 g/mol. The van der Waals surface area contributed by atoms with Gasteiger partial charge in [-0.15, -0.1) is 6.58 Å². The zero-order valence-electron chi connectivity index (χ0n) is 10.6. The van der Waals surface area contributed by atoms with E-state index in [1.54, 1.807) is 13.2 Å². The minimum atomic E-state index is -0.888.